The summed E-state index contributed by atoms with van der Waals surface area (Å²) >= 11 is 0. The molecule has 1 unspecified atom stereocenters. The summed E-state index contributed by atoms with van der Waals surface area (Å²) in [6.45, 7) is 9.14. The van der Waals surface area contributed by atoms with Gasteiger partial charge in [0, 0.05) is 24.7 Å². The average Bonchev–Trinajstić information content (AvgIpc) is 2.44. The zero-order chi connectivity index (χ0) is 14.5. The number of carbonyl (C=O) groups excluding carboxylic acids is 1. The van der Waals surface area contributed by atoms with Gasteiger partial charge < -0.3 is 10.2 Å². The number of piperidine rings is 1. The molecule has 2 rings (SSSR count). The zero-order valence-corrected chi connectivity index (χ0v) is 12.9. The molecule has 1 aromatic rings. The van der Waals surface area contributed by atoms with E-state index in [9.17, 15) is 4.79 Å². The van der Waals surface area contributed by atoms with Crippen molar-refractivity contribution in [1.29, 1.82) is 0 Å². The van der Waals surface area contributed by atoms with Gasteiger partial charge in [0.2, 0.25) is 0 Å². The van der Waals surface area contributed by atoms with Gasteiger partial charge in [-0.25, -0.2) is 0 Å². The smallest absolute Gasteiger partial charge is 0.253 e. The molecule has 1 fully saturated rings. The molecule has 0 bridgehead atoms. The fourth-order valence-electron chi connectivity index (χ4n) is 2.78. The summed E-state index contributed by atoms with van der Waals surface area (Å²) in [4.78, 5) is 14.6. The van der Waals surface area contributed by atoms with E-state index in [1.54, 1.807) is 0 Å². The summed E-state index contributed by atoms with van der Waals surface area (Å²) < 4.78 is 0. The van der Waals surface area contributed by atoms with E-state index in [0.29, 0.717) is 12.0 Å². The molecule has 1 N–H and O–H groups in total. The van der Waals surface area contributed by atoms with Gasteiger partial charge in [-0.3, -0.25) is 4.79 Å². The second-order valence-corrected chi connectivity index (χ2v) is 6.19. The molecule has 1 saturated heterocycles. The van der Waals surface area contributed by atoms with E-state index in [1.807, 2.05) is 36.1 Å². The Hall–Kier alpha value is -1.35. The molecule has 3 heteroatoms. The molecule has 0 saturated carbocycles. The Morgan fingerprint density at radius 3 is 2.95 bits per heavy atom. The number of hydrogen-bond acceptors (Lipinski definition) is 2. The van der Waals surface area contributed by atoms with Crippen LogP contribution in [0.25, 0.3) is 0 Å². The highest BCUT2D eigenvalue weighted by molar-refractivity contribution is 5.94. The third kappa shape index (κ3) is 4.07. The lowest BCUT2D eigenvalue weighted by Crippen LogP contribution is -2.43. The highest BCUT2D eigenvalue weighted by atomic mass is 16.2. The van der Waals surface area contributed by atoms with Gasteiger partial charge in [0.05, 0.1) is 0 Å². The molecule has 1 amide bonds. The molecule has 1 aliphatic rings. The number of likely N-dealkylation sites (tertiary alicyclic amines) is 1. The minimum absolute atomic E-state index is 0.183. The third-order valence-electron chi connectivity index (χ3n) is 3.89. The lowest BCUT2D eigenvalue weighted by Gasteiger charge is -2.33. The van der Waals surface area contributed by atoms with Gasteiger partial charge in [-0.1, -0.05) is 31.5 Å². The van der Waals surface area contributed by atoms with Crippen LogP contribution in [-0.4, -0.2) is 36.5 Å². The van der Waals surface area contributed by atoms with Crippen LogP contribution in [0.4, 0.5) is 0 Å². The van der Waals surface area contributed by atoms with Crippen LogP contribution in [0.3, 0.4) is 0 Å². The topological polar surface area (TPSA) is 32.3 Å². The Labute approximate surface area is 122 Å². The van der Waals surface area contributed by atoms with E-state index in [-0.39, 0.29) is 5.91 Å². The highest BCUT2D eigenvalue weighted by Crippen LogP contribution is 2.18. The van der Waals surface area contributed by atoms with Gasteiger partial charge in [0.15, 0.2) is 0 Å². The molecule has 3 nitrogen and oxygen atoms in total. The number of benzene rings is 1. The summed E-state index contributed by atoms with van der Waals surface area (Å²) in [5, 5.41) is 3.49. The van der Waals surface area contributed by atoms with Crippen LogP contribution < -0.4 is 5.32 Å². The number of nitrogens with zero attached hydrogens (tertiary/aromatic N) is 1. The lowest BCUT2D eigenvalue weighted by atomic mass is 9.97. The second-order valence-electron chi connectivity index (χ2n) is 6.19. The summed E-state index contributed by atoms with van der Waals surface area (Å²) in [5.74, 6) is 0.767. The first-order chi connectivity index (χ1) is 9.56. The molecule has 0 spiro atoms. The lowest BCUT2D eigenvalue weighted by molar-refractivity contribution is 0.0672. The van der Waals surface area contributed by atoms with Crippen LogP contribution >= 0.6 is 0 Å². The van der Waals surface area contributed by atoms with Gasteiger partial charge in [-0.05, 0) is 44.4 Å². The van der Waals surface area contributed by atoms with Crippen molar-refractivity contribution in [3.63, 3.8) is 0 Å². The van der Waals surface area contributed by atoms with E-state index in [0.717, 1.165) is 37.2 Å². The Bertz CT molecular complexity index is 456. The molecular weight excluding hydrogens is 248 g/mol. The molecule has 1 heterocycles. The Balaban J connectivity index is 1.96. The molecule has 1 aliphatic heterocycles. The van der Waals surface area contributed by atoms with Crippen molar-refractivity contribution < 1.29 is 4.79 Å². The molecular formula is C17H26N2O. The quantitative estimate of drug-likeness (QED) is 0.915. The summed E-state index contributed by atoms with van der Waals surface area (Å²) in [7, 11) is 0. The van der Waals surface area contributed by atoms with Gasteiger partial charge in [-0.15, -0.1) is 0 Å². The maximum atomic E-state index is 12.5. The molecule has 0 aliphatic carbocycles. The van der Waals surface area contributed by atoms with E-state index < -0.39 is 0 Å². The first kappa shape index (κ1) is 15.0. The normalized spacial score (nSPS) is 19.4. The first-order valence-corrected chi connectivity index (χ1v) is 7.65. The van der Waals surface area contributed by atoms with Crippen LogP contribution in [-0.2, 0) is 0 Å². The van der Waals surface area contributed by atoms with Gasteiger partial charge in [0.25, 0.3) is 5.91 Å². The summed E-state index contributed by atoms with van der Waals surface area (Å²) in [5.41, 5.74) is 1.97. The maximum absolute atomic E-state index is 12.5. The largest absolute Gasteiger partial charge is 0.338 e. The van der Waals surface area contributed by atoms with Crippen molar-refractivity contribution in [3.05, 3.63) is 35.4 Å². The van der Waals surface area contributed by atoms with Crippen LogP contribution in [0.5, 0.6) is 0 Å². The number of rotatable bonds is 4. The minimum atomic E-state index is 0.183. The fourth-order valence-corrected chi connectivity index (χ4v) is 2.78. The SMILES string of the molecule is Cc1cccc(C(=O)N2CCCC(CNC(C)C)C2)c1. The zero-order valence-electron chi connectivity index (χ0n) is 12.9. The van der Waals surface area contributed by atoms with Crippen molar-refractivity contribution in [1.82, 2.24) is 10.2 Å². The standard InChI is InChI=1S/C17H26N2O/c1-13(2)18-11-15-7-5-9-19(12-15)17(20)16-8-4-6-14(3)10-16/h4,6,8,10,13,15,18H,5,7,9,11-12H2,1-3H3. The van der Waals surface area contributed by atoms with Crippen LogP contribution in [0.1, 0.15) is 42.6 Å². The molecule has 1 atom stereocenters. The van der Waals surface area contributed by atoms with E-state index >= 15 is 0 Å². The van der Waals surface area contributed by atoms with Crippen LogP contribution in [0.15, 0.2) is 24.3 Å². The van der Waals surface area contributed by atoms with Crippen molar-refractivity contribution in [2.24, 2.45) is 5.92 Å². The summed E-state index contributed by atoms with van der Waals surface area (Å²) in [6, 6.07) is 8.41. The number of carbonyl (C=O) groups is 1. The Kier molecular flexibility index (Phi) is 5.18. The maximum Gasteiger partial charge on any atom is 0.253 e. The fraction of sp³-hybridized carbons (Fsp3) is 0.588. The number of aryl methyl sites for hydroxylation is 1. The predicted molar refractivity (Wildman–Crippen MR) is 82.9 cm³/mol. The van der Waals surface area contributed by atoms with Crippen molar-refractivity contribution in [3.8, 4) is 0 Å². The molecule has 0 aromatic heterocycles. The monoisotopic (exact) mass is 274 g/mol. The van der Waals surface area contributed by atoms with Crippen molar-refractivity contribution in [2.75, 3.05) is 19.6 Å². The van der Waals surface area contributed by atoms with E-state index in [2.05, 4.69) is 19.2 Å². The first-order valence-electron chi connectivity index (χ1n) is 7.65. The van der Waals surface area contributed by atoms with Crippen molar-refractivity contribution >= 4 is 5.91 Å². The van der Waals surface area contributed by atoms with Gasteiger partial charge >= 0.3 is 0 Å². The Morgan fingerprint density at radius 2 is 2.25 bits per heavy atom. The van der Waals surface area contributed by atoms with Crippen LogP contribution in [0.2, 0.25) is 0 Å². The van der Waals surface area contributed by atoms with E-state index in [4.69, 9.17) is 0 Å². The molecule has 1 aromatic carbocycles. The highest BCUT2D eigenvalue weighted by Gasteiger charge is 2.24. The van der Waals surface area contributed by atoms with Gasteiger partial charge in [0.1, 0.15) is 0 Å². The third-order valence-corrected chi connectivity index (χ3v) is 3.89. The van der Waals surface area contributed by atoms with Crippen molar-refractivity contribution in [2.45, 2.75) is 39.7 Å². The minimum Gasteiger partial charge on any atom is -0.338 e. The second kappa shape index (κ2) is 6.89. The summed E-state index contributed by atoms with van der Waals surface area (Å²) in [6.07, 6.45) is 2.33. The number of amides is 1. The average molecular weight is 274 g/mol. The molecule has 0 radical (unpaired) electrons. The van der Waals surface area contributed by atoms with E-state index in [1.165, 1.54) is 6.42 Å². The number of nitrogens with one attached hydrogen (secondary N) is 1. The predicted octanol–water partition coefficient (Wildman–Crippen LogP) is 2.85. The number of hydrogen-bond donors (Lipinski definition) is 1. The Morgan fingerprint density at radius 1 is 1.45 bits per heavy atom. The van der Waals surface area contributed by atoms with Crippen LogP contribution in [0, 0.1) is 12.8 Å². The molecule has 110 valence electrons. The van der Waals surface area contributed by atoms with Gasteiger partial charge in [-0.2, -0.15) is 0 Å². The molecule has 20 heavy (non-hydrogen) atoms.